The predicted octanol–water partition coefficient (Wildman–Crippen LogP) is 7.05. The Hall–Kier alpha value is -3.75. The highest BCUT2D eigenvalue weighted by Gasteiger charge is 2.16. The molecule has 3 aromatic rings. The molecule has 250 valence electrons. The Labute approximate surface area is 276 Å². The molecule has 1 saturated heterocycles. The first-order chi connectivity index (χ1) is 22.4. The topological polar surface area (TPSA) is 72.5 Å². The lowest BCUT2D eigenvalue weighted by atomic mass is 10.1. The molecule has 4 rings (SSSR count). The first kappa shape index (κ1) is 35.1. The minimum absolute atomic E-state index is 0.0760. The minimum Gasteiger partial charge on any atom is -0.493 e. The highest BCUT2D eigenvalue weighted by atomic mass is 16.5. The van der Waals surface area contributed by atoms with Crippen LogP contribution in [0.15, 0.2) is 54.6 Å². The van der Waals surface area contributed by atoms with E-state index in [0.717, 1.165) is 86.7 Å². The first-order valence-corrected chi connectivity index (χ1v) is 16.7. The quantitative estimate of drug-likeness (QED) is 0.160. The predicted molar refractivity (Wildman–Crippen MR) is 186 cm³/mol. The summed E-state index contributed by atoms with van der Waals surface area (Å²) in [6.45, 7) is 11.1. The van der Waals surface area contributed by atoms with Gasteiger partial charge in [-0.2, -0.15) is 0 Å². The number of aryl methyl sites for hydroxylation is 3. The standard InChI is InChI=1S/C38H53N3O5/c1-29-24-33(46-28-31-14-8-6-9-15-31)25-30(2)37(29)39-36(42)17-12-19-41-21-13-20-40(22-23-41)18-11-7-10-16-32-26-34(43-3)38(45-5)35(27-32)44-4/h6,8-9,14-15,24-27H,7,10-13,16-23,28H2,1-5H3,(H,39,42). The van der Waals surface area contributed by atoms with E-state index in [1.807, 2.05) is 44.2 Å². The van der Waals surface area contributed by atoms with Crippen molar-refractivity contribution in [1.29, 1.82) is 0 Å². The van der Waals surface area contributed by atoms with Gasteiger partial charge in [-0.15, -0.1) is 0 Å². The molecule has 46 heavy (non-hydrogen) atoms. The molecule has 1 aliphatic heterocycles. The number of hydrogen-bond acceptors (Lipinski definition) is 7. The lowest BCUT2D eigenvalue weighted by molar-refractivity contribution is -0.116. The molecule has 0 spiro atoms. The summed E-state index contributed by atoms with van der Waals surface area (Å²) in [4.78, 5) is 18.0. The minimum atomic E-state index is 0.0760. The second-order valence-electron chi connectivity index (χ2n) is 12.2. The molecule has 1 aliphatic rings. The van der Waals surface area contributed by atoms with Crippen molar-refractivity contribution in [3.8, 4) is 23.0 Å². The third kappa shape index (κ3) is 10.7. The van der Waals surface area contributed by atoms with Crippen LogP contribution in [0.3, 0.4) is 0 Å². The Bertz CT molecular complexity index is 1330. The summed E-state index contributed by atoms with van der Waals surface area (Å²) >= 11 is 0. The molecule has 0 radical (unpaired) electrons. The van der Waals surface area contributed by atoms with Crippen molar-refractivity contribution in [3.05, 3.63) is 76.9 Å². The number of carbonyl (C=O) groups is 1. The van der Waals surface area contributed by atoms with Gasteiger partial charge in [-0.25, -0.2) is 0 Å². The number of nitrogens with zero attached hydrogens (tertiary/aromatic N) is 2. The summed E-state index contributed by atoms with van der Waals surface area (Å²) in [6.07, 6.45) is 7.07. The molecule has 8 heteroatoms. The summed E-state index contributed by atoms with van der Waals surface area (Å²) in [5.74, 6) is 2.97. The van der Waals surface area contributed by atoms with Crippen molar-refractivity contribution in [2.45, 2.75) is 65.4 Å². The van der Waals surface area contributed by atoms with Crippen LogP contribution in [0, 0.1) is 13.8 Å². The number of methoxy groups -OCH3 is 3. The zero-order valence-corrected chi connectivity index (χ0v) is 28.5. The third-order valence-electron chi connectivity index (χ3n) is 8.74. The van der Waals surface area contributed by atoms with E-state index >= 15 is 0 Å². The molecule has 0 saturated carbocycles. The Balaban J connectivity index is 1.11. The van der Waals surface area contributed by atoms with Crippen LogP contribution in [-0.2, 0) is 17.8 Å². The summed E-state index contributed by atoms with van der Waals surface area (Å²) in [5, 5.41) is 3.16. The van der Waals surface area contributed by atoms with E-state index in [9.17, 15) is 4.79 Å². The van der Waals surface area contributed by atoms with Gasteiger partial charge < -0.3 is 34.1 Å². The highest BCUT2D eigenvalue weighted by molar-refractivity contribution is 5.92. The molecular weight excluding hydrogens is 578 g/mol. The van der Waals surface area contributed by atoms with Crippen LogP contribution in [0.4, 0.5) is 5.69 Å². The Morgan fingerprint density at radius 2 is 1.37 bits per heavy atom. The van der Waals surface area contributed by atoms with Crippen molar-refractivity contribution in [3.63, 3.8) is 0 Å². The van der Waals surface area contributed by atoms with Crippen LogP contribution in [-0.4, -0.2) is 76.3 Å². The van der Waals surface area contributed by atoms with Gasteiger partial charge in [0.2, 0.25) is 11.7 Å². The molecule has 0 aromatic heterocycles. The summed E-state index contributed by atoms with van der Waals surface area (Å²) in [7, 11) is 4.95. The molecule has 0 atom stereocenters. The number of anilines is 1. The average Bonchev–Trinajstić information content (AvgIpc) is 3.30. The number of benzene rings is 3. The van der Waals surface area contributed by atoms with Gasteiger partial charge in [-0.05, 0) is 119 Å². The van der Waals surface area contributed by atoms with Gasteiger partial charge >= 0.3 is 0 Å². The van der Waals surface area contributed by atoms with Gasteiger partial charge in [0.25, 0.3) is 0 Å². The zero-order chi connectivity index (χ0) is 32.7. The number of unbranched alkanes of at least 4 members (excludes halogenated alkanes) is 2. The van der Waals surface area contributed by atoms with E-state index < -0.39 is 0 Å². The van der Waals surface area contributed by atoms with E-state index in [4.69, 9.17) is 18.9 Å². The maximum Gasteiger partial charge on any atom is 0.224 e. The van der Waals surface area contributed by atoms with Crippen LogP contribution < -0.4 is 24.3 Å². The first-order valence-electron chi connectivity index (χ1n) is 16.7. The maximum absolute atomic E-state index is 12.8. The normalized spacial score (nSPS) is 14.0. The van der Waals surface area contributed by atoms with Gasteiger partial charge in [0, 0.05) is 25.2 Å². The second kappa shape index (κ2) is 18.4. The smallest absolute Gasteiger partial charge is 0.224 e. The van der Waals surface area contributed by atoms with Crippen LogP contribution in [0.25, 0.3) is 0 Å². The van der Waals surface area contributed by atoms with E-state index in [1.165, 1.54) is 24.8 Å². The number of hydrogen-bond donors (Lipinski definition) is 1. The van der Waals surface area contributed by atoms with Crippen molar-refractivity contribution in [2.24, 2.45) is 0 Å². The third-order valence-corrected chi connectivity index (χ3v) is 8.74. The van der Waals surface area contributed by atoms with E-state index in [0.29, 0.717) is 30.3 Å². The fraction of sp³-hybridized carbons (Fsp3) is 0.500. The monoisotopic (exact) mass is 631 g/mol. The molecule has 0 aliphatic carbocycles. The summed E-state index contributed by atoms with van der Waals surface area (Å²) in [5.41, 5.74) is 5.27. The average molecular weight is 632 g/mol. The molecular formula is C38H53N3O5. The molecule has 1 amide bonds. The van der Waals surface area contributed by atoms with Gasteiger partial charge in [0.05, 0.1) is 21.3 Å². The van der Waals surface area contributed by atoms with Crippen molar-refractivity contribution in [2.75, 3.05) is 65.9 Å². The molecule has 0 unspecified atom stereocenters. The van der Waals surface area contributed by atoms with Gasteiger partial charge in [-0.3, -0.25) is 4.79 Å². The van der Waals surface area contributed by atoms with Crippen LogP contribution in [0.2, 0.25) is 0 Å². The molecule has 8 nitrogen and oxygen atoms in total. The molecule has 0 bridgehead atoms. The van der Waals surface area contributed by atoms with Crippen molar-refractivity contribution >= 4 is 11.6 Å². The van der Waals surface area contributed by atoms with E-state index in [1.54, 1.807) is 21.3 Å². The van der Waals surface area contributed by atoms with Crippen LogP contribution in [0.5, 0.6) is 23.0 Å². The number of rotatable bonds is 17. The SMILES string of the molecule is COc1cc(CCCCCN2CCCN(CCCC(=O)Nc3c(C)cc(OCc4ccccc4)cc3C)CC2)cc(OC)c1OC. The summed E-state index contributed by atoms with van der Waals surface area (Å²) < 4.78 is 22.4. The lowest BCUT2D eigenvalue weighted by Crippen LogP contribution is -2.32. The van der Waals surface area contributed by atoms with Gasteiger partial charge in [0.1, 0.15) is 12.4 Å². The highest BCUT2D eigenvalue weighted by Crippen LogP contribution is 2.38. The summed E-state index contributed by atoms with van der Waals surface area (Å²) in [6, 6.07) is 18.3. The number of carbonyl (C=O) groups excluding carboxylic acids is 1. The van der Waals surface area contributed by atoms with E-state index in [-0.39, 0.29) is 5.91 Å². The van der Waals surface area contributed by atoms with E-state index in [2.05, 4.69) is 39.4 Å². The molecule has 1 fully saturated rings. The lowest BCUT2D eigenvalue weighted by Gasteiger charge is -2.22. The van der Waals surface area contributed by atoms with Gasteiger partial charge in [0.15, 0.2) is 11.5 Å². The second-order valence-corrected chi connectivity index (χ2v) is 12.2. The Morgan fingerprint density at radius 3 is 1.98 bits per heavy atom. The van der Waals surface area contributed by atoms with Crippen molar-refractivity contribution in [1.82, 2.24) is 9.80 Å². The fourth-order valence-corrected chi connectivity index (χ4v) is 6.20. The number of nitrogens with one attached hydrogen (secondary N) is 1. The number of ether oxygens (including phenoxy) is 4. The largest absolute Gasteiger partial charge is 0.493 e. The fourth-order valence-electron chi connectivity index (χ4n) is 6.20. The van der Waals surface area contributed by atoms with Crippen LogP contribution in [0.1, 0.15) is 60.8 Å². The molecule has 1 heterocycles. The van der Waals surface area contributed by atoms with Crippen LogP contribution >= 0.6 is 0 Å². The molecule has 3 aromatic carbocycles. The molecule has 1 N–H and O–H groups in total. The Morgan fingerprint density at radius 1 is 0.739 bits per heavy atom. The van der Waals surface area contributed by atoms with Gasteiger partial charge in [-0.1, -0.05) is 36.8 Å². The Kier molecular flexibility index (Phi) is 14.1. The zero-order valence-electron chi connectivity index (χ0n) is 28.5. The maximum atomic E-state index is 12.8. The number of amides is 1. The van der Waals surface area contributed by atoms with Crippen molar-refractivity contribution < 1.29 is 23.7 Å².